The number of imidazole rings is 1. The Hall–Kier alpha value is -7.76. The molecule has 0 bridgehead atoms. The third kappa shape index (κ3) is 5.81. The van der Waals surface area contributed by atoms with Crippen LogP contribution in [0.4, 0.5) is 0 Å². The third-order valence-electron chi connectivity index (χ3n) is 10.9. The average Bonchev–Trinajstić information content (AvgIpc) is 3.70. The normalized spacial score (nSPS) is 11.5. The highest BCUT2D eigenvalue weighted by molar-refractivity contribution is 6.25. The lowest BCUT2D eigenvalue weighted by Gasteiger charge is -2.13. The van der Waals surface area contributed by atoms with E-state index >= 15 is 0 Å². The summed E-state index contributed by atoms with van der Waals surface area (Å²) >= 11 is 0. The van der Waals surface area contributed by atoms with Crippen molar-refractivity contribution in [1.82, 2.24) is 24.3 Å². The Balaban J connectivity index is 1.12. The summed E-state index contributed by atoms with van der Waals surface area (Å²) < 4.78 is 2.19. The molecule has 0 aliphatic heterocycles. The molecular weight excluding hydrogens is 695 g/mol. The highest BCUT2D eigenvalue weighted by Gasteiger charge is 2.18. The van der Waals surface area contributed by atoms with Crippen molar-refractivity contribution >= 4 is 38.2 Å². The molecule has 8 aromatic carbocycles. The molecule has 0 atom stereocenters. The molecule has 0 aliphatic carbocycles. The zero-order chi connectivity index (χ0) is 37.7. The standard InChI is InChI=1S/C52H33N5/c1-4-12-34(13-5-1)37-19-23-39(24-20-37)50-54-51(40-25-21-38(22-26-40)35-14-6-2-7-15-35)56-52(55-50)42-28-30-44-46(33-42)45-32-41(36-16-8-3-9-17-36)27-29-43(45)48-49(44)57-31-11-10-18-47(57)53-48/h1-33H. The van der Waals surface area contributed by atoms with E-state index in [1.54, 1.807) is 0 Å². The van der Waals surface area contributed by atoms with Gasteiger partial charge in [0.05, 0.1) is 11.0 Å². The molecule has 0 aliphatic rings. The van der Waals surface area contributed by atoms with Crippen LogP contribution in [0, 0.1) is 0 Å². The first kappa shape index (κ1) is 32.7. The molecule has 11 aromatic rings. The predicted octanol–water partition coefficient (Wildman–Crippen LogP) is 13.0. The van der Waals surface area contributed by atoms with Crippen LogP contribution >= 0.6 is 0 Å². The summed E-state index contributed by atoms with van der Waals surface area (Å²) in [5.41, 5.74) is 12.7. The summed E-state index contributed by atoms with van der Waals surface area (Å²) in [4.78, 5) is 20.6. The van der Waals surface area contributed by atoms with Crippen LogP contribution in [-0.4, -0.2) is 24.3 Å². The summed E-state index contributed by atoms with van der Waals surface area (Å²) in [5.74, 6) is 1.85. The van der Waals surface area contributed by atoms with Gasteiger partial charge in [-0.2, -0.15) is 0 Å². The Labute approximate surface area is 329 Å². The van der Waals surface area contributed by atoms with Gasteiger partial charge in [-0.15, -0.1) is 0 Å². The smallest absolute Gasteiger partial charge is 0.164 e. The fourth-order valence-electron chi connectivity index (χ4n) is 7.99. The maximum Gasteiger partial charge on any atom is 0.164 e. The van der Waals surface area contributed by atoms with Crippen molar-refractivity contribution in [2.75, 3.05) is 0 Å². The van der Waals surface area contributed by atoms with Gasteiger partial charge in [-0.3, -0.25) is 4.40 Å². The molecule has 0 N–H and O–H groups in total. The lowest BCUT2D eigenvalue weighted by Crippen LogP contribution is -2.00. The van der Waals surface area contributed by atoms with Crippen LogP contribution in [0.25, 0.3) is 106 Å². The van der Waals surface area contributed by atoms with E-state index in [1.807, 2.05) is 18.2 Å². The third-order valence-corrected chi connectivity index (χ3v) is 10.9. The molecule has 3 aromatic heterocycles. The average molecular weight is 728 g/mol. The largest absolute Gasteiger partial charge is 0.299 e. The maximum absolute atomic E-state index is 5.18. The molecule has 0 saturated heterocycles. The second-order valence-electron chi connectivity index (χ2n) is 14.3. The topological polar surface area (TPSA) is 56.0 Å². The van der Waals surface area contributed by atoms with E-state index in [2.05, 4.69) is 187 Å². The Morgan fingerprint density at radius 1 is 0.281 bits per heavy atom. The van der Waals surface area contributed by atoms with Gasteiger partial charge in [0.25, 0.3) is 0 Å². The van der Waals surface area contributed by atoms with Crippen LogP contribution < -0.4 is 0 Å². The van der Waals surface area contributed by atoms with Crippen molar-refractivity contribution in [3.05, 3.63) is 200 Å². The Morgan fingerprint density at radius 3 is 1.26 bits per heavy atom. The van der Waals surface area contributed by atoms with Crippen LogP contribution in [0.3, 0.4) is 0 Å². The number of aromatic nitrogens is 5. The fraction of sp³-hybridized carbons (Fsp3) is 0. The van der Waals surface area contributed by atoms with Crippen LogP contribution in [0.1, 0.15) is 0 Å². The molecule has 0 saturated carbocycles. The summed E-state index contributed by atoms with van der Waals surface area (Å²) in [5, 5.41) is 4.47. The quantitative estimate of drug-likeness (QED) is 0.160. The van der Waals surface area contributed by atoms with Crippen LogP contribution in [0.15, 0.2) is 200 Å². The van der Waals surface area contributed by atoms with E-state index in [0.29, 0.717) is 17.5 Å². The van der Waals surface area contributed by atoms with Crippen molar-refractivity contribution in [1.29, 1.82) is 0 Å². The Kier molecular flexibility index (Phi) is 7.74. The van der Waals surface area contributed by atoms with Gasteiger partial charge in [0.15, 0.2) is 17.5 Å². The van der Waals surface area contributed by atoms with E-state index in [9.17, 15) is 0 Å². The first-order chi connectivity index (χ1) is 28.2. The van der Waals surface area contributed by atoms with Gasteiger partial charge < -0.3 is 0 Å². The minimum atomic E-state index is 0.613. The minimum absolute atomic E-state index is 0.613. The molecular formula is C52H33N5. The molecule has 266 valence electrons. The Morgan fingerprint density at radius 2 is 0.684 bits per heavy atom. The summed E-state index contributed by atoms with van der Waals surface area (Å²) in [6.07, 6.45) is 2.10. The lowest BCUT2D eigenvalue weighted by molar-refractivity contribution is 1.07. The fourth-order valence-corrected chi connectivity index (χ4v) is 7.99. The molecule has 3 heterocycles. The summed E-state index contributed by atoms with van der Waals surface area (Å²) in [7, 11) is 0. The van der Waals surface area contributed by atoms with Gasteiger partial charge in [0, 0.05) is 33.7 Å². The highest BCUT2D eigenvalue weighted by atomic mass is 15.0. The number of rotatable bonds is 6. The van der Waals surface area contributed by atoms with E-state index in [4.69, 9.17) is 19.9 Å². The first-order valence-corrected chi connectivity index (χ1v) is 19.1. The monoisotopic (exact) mass is 727 g/mol. The van der Waals surface area contributed by atoms with Crippen molar-refractivity contribution in [3.8, 4) is 67.5 Å². The van der Waals surface area contributed by atoms with Crippen molar-refractivity contribution < 1.29 is 0 Å². The van der Waals surface area contributed by atoms with Gasteiger partial charge in [-0.1, -0.05) is 170 Å². The van der Waals surface area contributed by atoms with Crippen molar-refractivity contribution in [2.24, 2.45) is 0 Å². The highest BCUT2D eigenvalue weighted by Crippen LogP contribution is 2.39. The van der Waals surface area contributed by atoms with Crippen LogP contribution in [0.2, 0.25) is 0 Å². The number of hydrogen-bond acceptors (Lipinski definition) is 4. The second kappa shape index (κ2) is 13.5. The zero-order valence-electron chi connectivity index (χ0n) is 30.8. The van der Waals surface area contributed by atoms with Crippen molar-refractivity contribution in [3.63, 3.8) is 0 Å². The molecule has 0 fully saturated rings. The minimum Gasteiger partial charge on any atom is -0.299 e. The maximum atomic E-state index is 5.18. The van der Waals surface area contributed by atoms with Gasteiger partial charge in [0.2, 0.25) is 0 Å². The number of pyridine rings is 1. The van der Waals surface area contributed by atoms with Gasteiger partial charge in [-0.05, 0) is 68.4 Å². The van der Waals surface area contributed by atoms with E-state index < -0.39 is 0 Å². The van der Waals surface area contributed by atoms with Crippen molar-refractivity contribution in [2.45, 2.75) is 0 Å². The van der Waals surface area contributed by atoms with E-state index in [0.717, 1.165) is 71.6 Å². The summed E-state index contributed by atoms with van der Waals surface area (Å²) in [6, 6.07) is 67.8. The van der Waals surface area contributed by atoms with Gasteiger partial charge in [-0.25, -0.2) is 19.9 Å². The second-order valence-corrected chi connectivity index (χ2v) is 14.3. The van der Waals surface area contributed by atoms with Crippen LogP contribution in [0.5, 0.6) is 0 Å². The van der Waals surface area contributed by atoms with E-state index in [-0.39, 0.29) is 0 Å². The molecule has 0 amide bonds. The molecule has 57 heavy (non-hydrogen) atoms. The number of fused-ring (bicyclic) bond motifs is 8. The lowest BCUT2D eigenvalue weighted by atomic mass is 9.94. The predicted molar refractivity (Wildman–Crippen MR) is 234 cm³/mol. The zero-order valence-corrected chi connectivity index (χ0v) is 30.8. The van der Waals surface area contributed by atoms with Gasteiger partial charge >= 0.3 is 0 Å². The Bertz CT molecular complexity index is 3150. The van der Waals surface area contributed by atoms with E-state index in [1.165, 1.54) is 16.7 Å². The number of benzene rings is 8. The first-order valence-electron chi connectivity index (χ1n) is 19.1. The SMILES string of the molecule is c1ccc(-c2ccc(-c3nc(-c4ccc(-c5ccccc5)cc4)nc(-c4ccc5c(c4)c4cc(-c6ccccc6)ccc4c4nc6ccccn6c54)n3)cc2)cc1. The molecule has 5 nitrogen and oxygen atoms in total. The molecule has 0 unspecified atom stereocenters. The van der Waals surface area contributed by atoms with Gasteiger partial charge in [0.1, 0.15) is 5.65 Å². The summed E-state index contributed by atoms with van der Waals surface area (Å²) in [6.45, 7) is 0. The van der Waals surface area contributed by atoms with Crippen LogP contribution in [-0.2, 0) is 0 Å². The number of nitrogens with zero attached hydrogens (tertiary/aromatic N) is 5. The number of hydrogen-bond donors (Lipinski definition) is 0. The molecule has 0 radical (unpaired) electrons. The molecule has 5 heteroatoms. The molecule has 11 rings (SSSR count). The molecule has 0 spiro atoms.